The standard InChI is InChI=1S/C28H25NO6.C27H23NO6/c30-17-25(32)22-10-6-20(7-11-22)15-24(31)23(14-19-4-2-1-3-5-19)29-28(33)13-9-21-8-12-26-27(16-21)35-18-34-26;29-23(15-19-6-10-21(11-7-19)27(31)32)22(14-18-4-2-1-3-5-18)28-26(30)13-9-20-8-12-24-25(16-20)34-17-33-24/h1-13,16,23,30H,14-15,17-18H2,(H,29,33);1-13,16,22H,14-15,17H2,(H,28,30)(H,31,32)/b2*13-9+/t23-;22-/m00/s1. The highest BCUT2D eigenvalue weighted by Crippen LogP contribution is 2.34. The number of nitrogens with one attached hydrogen (secondary N) is 2. The summed E-state index contributed by atoms with van der Waals surface area (Å²) in [6, 6.07) is 40.9. The van der Waals surface area contributed by atoms with Crippen molar-refractivity contribution in [2.75, 3.05) is 20.2 Å². The SMILES string of the molecule is O=C(/C=C/c1ccc2c(c1)OCO2)N[C@@H](Cc1ccccc1)C(=O)Cc1ccc(C(=O)CO)cc1.O=C(/C=C/c1ccc2c(c1)OCO2)N[C@@H](Cc1ccccc1)C(=O)Cc1ccc(C(=O)O)cc1. The number of aromatic carboxylic acids is 1. The number of benzene rings is 6. The minimum absolute atomic E-state index is 0.0730. The number of hydrogen-bond acceptors (Lipinski definition) is 11. The van der Waals surface area contributed by atoms with Gasteiger partial charge in [-0.3, -0.25) is 24.0 Å². The lowest BCUT2D eigenvalue weighted by Gasteiger charge is -2.17. The van der Waals surface area contributed by atoms with Gasteiger partial charge in [-0.2, -0.15) is 0 Å². The summed E-state index contributed by atoms with van der Waals surface area (Å²) in [5.74, 6) is 0.0452. The van der Waals surface area contributed by atoms with Crippen LogP contribution in [0.3, 0.4) is 0 Å². The van der Waals surface area contributed by atoms with Crippen molar-refractivity contribution >= 4 is 47.3 Å². The Kier molecular flexibility index (Phi) is 16.6. The lowest BCUT2D eigenvalue weighted by atomic mass is 9.97. The summed E-state index contributed by atoms with van der Waals surface area (Å²) in [4.78, 5) is 74.3. The van der Waals surface area contributed by atoms with Gasteiger partial charge in [0.2, 0.25) is 25.4 Å². The molecule has 8 rings (SSSR count). The Labute approximate surface area is 397 Å². The summed E-state index contributed by atoms with van der Waals surface area (Å²) in [6.45, 7) is -0.221. The van der Waals surface area contributed by atoms with Gasteiger partial charge in [0, 0.05) is 30.6 Å². The Morgan fingerprint density at radius 2 is 0.899 bits per heavy atom. The van der Waals surface area contributed by atoms with Crippen molar-refractivity contribution in [2.24, 2.45) is 0 Å². The van der Waals surface area contributed by atoms with Crippen molar-refractivity contribution in [1.29, 1.82) is 0 Å². The van der Waals surface area contributed by atoms with Gasteiger partial charge < -0.3 is 39.8 Å². The first-order chi connectivity index (χ1) is 33.5. The van der Waals surface area contributed by atoms with Crippen LogP contribution < -0.4 is 29.6 Å². The molecule has 350 valence electrons. The van der Waals surface area contributed by atoms with Crippen molar-refractivity contribution in [3.8, 4) is 23.0 Å². The molecule has 0 saturated carbocycles. The summed E-state index contributed by atoms with van der Waals surface area (Å²) in [6.07, 6.45) is 6.93. The normalized spacial score (nSPS) is 12.9. The third-order valence-electron chi connectivity index (χ3n) is 11.0. The molecule has 0 saturated heterocycles. The fourth-order valence-corrected chi connectivity index (χ4v) is 7.32. The third-order valence-corrected chi connectivity index (χ3v) is 11.0. The zero-order valence-electron chi connectivity index (χ0n) is 37.2. The maximum absolute atomic E-state index is 13.2. The molecule has 0 fully saturated rings. The molecule has 0 aromatic heterocycles. The molecule has 0 aliphatic carbocycles. The van der Waals surface area contributed by atoms with Gasteiger partial charge in [0.15, 0.2) is 40.3 Å². The molecule has 2 aliphatic rings. The van der Waals surface area contributed by atoms with Crippen molar-refractivity contribution < 1.29 is 57.9 Å². The van der Waals surface area contributed by atoms with E-state index < -0.39 is 30.6 Å². The number of carbonyl (C=O) groups excluding carboxylic acids is 5. The van der Waals surface area contributed by atoms with Crippen molar-refractivity contribution in [1.82, 2.24) is 10.6 Å². The average Bonchev–Trinajstić information content (AvgIpc) is 4.05. The number of aliphatic hydroxyl groups excluding tert-OH is 1. The van der Waals surface area contributed by atoms with Crippen LogP contribution in [0.4, 0.5) is 0 Å². The lowest BCUT2D eigenvalue weighted by Crippen LogP contribution is -2.42. The minimum Gasteiger partial charge on any atom is -0.478 e. The average molecular weight is 929 g/mol. The number of ketones is 3. The Bertz CT molecular complexity index is 2840. The van der Waals surface area contributed by atoms with Crippen LogP contribution >= 0.6 is 0 Å². The van der Waals surface area contributed by atoms with E-state index in [0.29, 0.717) is 52.5 Å². The van der Waals surface area contributed by atoms with Crippen molar-refractivity contribution in [3.63, 3.8) is 0 Å². The number of aliphatic hydroxyl groups is 1. The number of ether oxygens (including phenoxy) is 4. The lowest BCUT2D eigenvalue weighted by molar-refractivity contribution is -0.125. The van der Waals surface area contributed by atoms with E-state index in [1.54, 1.807) is 72.8 Å². The topological polar surface area (TPSA) is 204 Å². The number of carboxylic acid groups (broad SMARTS) is 1. The molecule has 69 heavy (non-hydrogen) atoms. The molecule has 2 atom stereocenters. The van der Waals surface area contributed by atoms with E-state index in [1.807, 2.05) is 72.8 Å². The van der Waals surface area contributed by atoms with E-state index in [0.717, 1.165) is 22.3 Å². The number of carbonyl (C=O) groups is 6. The Morgan fingerprint density at radius 3 is 1.30 bits per heavy atom. The fourth-order valence-electron chi connectivity index (χ4n) is 7.32. The summed E-state index contributed by atoms with van der Waals surface area (Å²) in [5.41, 5.74) is 5.31. The fraction of sp³-hybridized carbons (Fsp3) is 0.164. The zero-order valence-corrected chi connectivity index (χ0v) is 37.2. The third kappa shape index (κ3) is 14.2. The van der Waals surface area contributed by atoms with Gasteiger partial charge in [-0.1, -0.05) is 109 Å². The van der Waals surface area contributed by atoms with Crippen molar-refractivity contribution in [3.05, 3.63) is 202 Å². The molecule has 0 spiro atoms. The van der Waals surface area contributed by atoms with Crippen LogP contribution in [0.2, 0.25) is 0 Å². The largest absolute Gasteiger partial charge is 0.478 e. The minimum atomic E-state index is -1.03. The van der Waals surface area contributed by atoms with Gasteiger partial charge in [-0.05, 0) is 94.8 Å². The zero-order chi connectivity index (χ0) is 48.5. The number of amides is 2. The summed E-state index contributed by atoms with van der Waals surface area (Å²) >= 11 is 0. The van der Waals surface area contributed by atoms with Crippen molar-refractivity contribution in [2.45, 2.75) is 37.8 Å². The number of hydrogen-bond donors (Lipinski definition) is 4. The number of rotatable bonds is 19. The van der Waals surface area contributed by atoms with E-state index in [4.69, 9.17) is 29.2 Å². The van der Waals surface area contributed by atoms with Gasteiger partial charge in [0.05, 0.1) is 17.6 Å². The number of carboxylic acids is 1. The molecule has 6 aromatic carbocycles. The van der Waals surface area contributed by atoms with E-state index in [-0.39, 0.29) is 55.2 Å². The quantitative estimate of drug-likeness (QED) is 0.0489. The molecule has 14 nitrogen and oxygen atoms in total. The molecule has 0 bridgehead atoms. The first kappa shape index (κ1) is 48.3. The van der Waals surface area contributed by atoms with Crippen LogP contribution in [0.25, 0.3) is 12.2 Å². The van der Waals surface area contributed by atoms with Crippen LogP contribution in [0, 0.1) is 0 Å². The number of fused-ring (bicyclic) bond motifs is 2. The highest BCUT2D eigenvalue weighted by molar-refractivity contribution is 5.99. The Morgan fingerprint density at radius 1 is 0.493 bits per heavy atom. The predicted molar refractivity (Wildman–Crippen MR) is 256 cm³/mol. The molecule has 0 radical (unpaired) electrons. The van der Waals surface area contributed by atoms with Crippen LogP contribution in [0.15, 0.2) is 158 Å². The molecular formula is C55H48N2O12. The van der Waals surface area contributed by atoms with Crippen LogP contribution in [0.5, 0.6) is 23.0 Å². The van der Waals surface area contributed by atoms with Crippen LogP contribution in [-0.4, -0.2) is 77.6 Å². The molecule has 2 amide bonds. The maximum Gasteiger partial charge on any atom is 0.335 e. The maximum atomic E-state index is 13.2. The Hall–Kier alpha value is -8.62. The smallest absolute Gasteiger partial charge is 0.335 e. The van der Waals surface area contributed by atoms with Gasteiger partial charge >= 0.3 is 5.97 Å². The monoisotopic (exact) mass is 928 g/mol. The second-order valence-corrected chi connectivity index (χ2v) is 16.0. The van der Waals surface area contributed by atoms with Gasteiger partial charge in [0.25, 0.3) is 0 Å². The van der Waals surface area contributed by atoms with E-state index >= 15 is 0 Å². The second kappa shape index (κ2) is 23.7. The molecule has 6 aromatic rings. The van der Waals surface area contributed by atoms with E-state index in [1.165, 1.54) is 24.3 Å². The van der Waals surface area contributed by atoms with Gasteiger partial charge in [0.1, 0.15) is 6.61 Å². The summed E-state index contributed by atoms with van der Waals surface area (Å²) in [5, 5.41) is 23.7. The first-order valence-corrected chi connectivity index (χ1v) is 21.9. The Balaban J connectivity index is 0.000000204. The van der Waals surface area contributed by atoms with Gasteiger partial charge in [-0.25, -0.2) is 4.79 Å². The molecule has 0 unspecified atom stereocenters. The van der Waals surface area contributed by atoms with E-state index in [9.17, 15) is 28.8 Å². The molecule has 14 heteroatoms. The van der Waals surface area contributed by atoms with Crippen LogP contribution in [-0.2, 0) is 44.9 Å². The summed E-state index contributed by atoms with van der Waals surface area (Å²) < 4.78 is 21.3. The molecular weight excluding hydrogens is 881 g/mol. The summed E-state index contributed by atoms with van der Waals surface area (Å²) in [7, 11) is 0. The highest BCUT2D eigenvalue weighted by atomic mass is 16.7. The number of Topliss-reactive ketones (excluding diaryl/α,β-unsaturated/α-hetero) is 3. The second-order valence-electron chi connectivity index (χ2n) is 16.0. The molecule has 2 heterocycles. The van der Waals surface area contributed by atoms with Gasteiger partial charge in [-0.15, -0.1) is 0 Å². The molecule has 4 N–H and O–H groups in total. The predicted octanol–water partition coefficient (Wildman–Crippen LogP) is 6.81. The van der Waals surface area contributed by atoms with E-state index in [2.05, 4.69) is 10.6 Å². The van der Waals surface area contributed by atoms with Crippen LogP contribution in [0.1, 0.15) is 54.1 Å². The molecule has 2 aliphatic heterocycles. The highest BCUT2D eigenvalue weighted by Gasteiger charge is 2.23. The first-order valence-electron chi connectivity index (χ1n) is 21.9.